The molecule has 1 rings (SSSR count). The van der Waals surface area contributed by atoms with Gasteiger partial charge in [-0.1, -0.05) is 6.07 Å². The topological polar surface area (TPSA) is 72.8 Å². The number of aryl methyl sites for hydroxylation is 1. The summed E-state index contributed by atoms with van der Waals surface area (Å²) in [5.74, 6) is -0.192. The molecule has 0 aromatic heterocycles. The van der Waals surface area contributed by atoms with Crippen molar-refractivity contribution in [1.82, 2.24) is 4.90 Å². The maximum atomic E-state index is 12.3. The van der Waals surface area contributed by atoms with Crippen molar-refractivity contribution < 1.29 is 15.0 Å². The lowest BCUT2D eigenvalue weighted by Gasteiger charge is -2.22. The zero-order valence-corrected chi connectivity index (χ0v) is 10.8. The van der Waals surface area contributed by atoms with Crippen LogP contribution in [0.3, 0.4) is 0 Å². The van der Waals surface area contributed by atoms with E-state index in [1.54, 1.807) is 13.1 Å². The molecule has 0 unspecified atom stereocenters. The zero-order chi connectivity index (χ0) is 13.5. The van der Waals surface area contributed by atoms with Crippen LogP contribution >= 0.6 is 0 Å². The fourth-order valence-corrected chi connectivity index (χ4v) is 1.78. The van der Waals surface area contributed by atoms with E-state index in [1.807, 2.05) is 19.1 Å². The van der Waals surface area contributed by atoms with Gasteiger partial charge in [0, 0.05) is 25.8 Å². The van der Waals surface area contributed by atoms with Crippen molar-refractivity contribution in [3.8, 4) is 0 Å². The Morgan fingerprint density at radius 2 is 1.89 bits per heavy atom. The largest absolute Gasteiger partial charge is 0.395 e. The first-order valence-electron chi connectivity index (χ1n) is 5.93. The molecule has 0 spiro atoms. The van der Waals surface area contributed by atoms with Crippen molar-refractivity contribution in [3.63, 3.8) is 0 Å². The van der Waals surface area contributed by atoms with Crippen LogP contribution < -0.4 is 5.32 Å². The highest BCUT2D eigenvalue weighted by Crippen LogP contribution is 2.18. The lowest BCUT2D eigenvalue weighted by molar-refractivity contribution is 0.0686. The fourth-order valence-electron chi connectivity index (χ4n) is 1.78. The molecule has 0 aliphatic heterocycles. The molecule has 100 valence electrons. The summed E-state index contributed by atoms with van der Waals surface area (Å²) in [6, 6.07) is 5.51. The van der Waals surface area contributed by atoms with Crippen LogP contribution in [0.25, 0.3) is 0 Å². The predicted octanol–water partition coefficient (Wildman–Crippen LogP) is 0.464. The molecule has 0 fully saturated rings. The SMILES string of the molecule is CNc1cc(C)ccc1C(=O)N(CCO)CCO. The van der Waals surface area contributed by atoms with Crippen molar-refractivity contribution in [2.24, 2.45) is 0 Å². The second-order valence-corrected chi connectivity index (χ2v) is 4.04. The highest BCUT2D eigenvalue weighted by Gasteiger charge is 2.17. The minimum absolute atomic E-state index is 0.119. The molecule has 1 amide bonds. The molecule has 1 aromatic carbocycles. The van der Waals surface area contributed by atoms with Gasteiger partial charge in [0.15, 0.2) is 0 Å². The Morgan fingerprint density at radius 3 is 2.39 bits per heavy atom. The van der Waals surface area contributed by atoms with Gasteiger partial charge in [-0.05, 0) is 24.6 Å². The molecule has 0 bridgehead atoms. The van der Waals surface area contributed by atoms with Gasteiger partial charge in [0.05, 0.1) is 18.8 Å². The van der Waals surface area contributed by atoms with Crippen LogP contribution in [0.5, 0.6) is 0 Å². The second kappa shape index (κ2) is 6.98. The molecule has 0 radical (unpaired) electrons. The molecule has 0 atom stereocenters. The third-order valence-corrected chi connectivity index (χ3v) is 2.70. The minimum atomic E-state index is -0.192. The zero-order valence-electron chi connectivity index (χ0n) is 10.8. The summed E-state index contributed by atoms with van der Waals surface area (Å²) < 4.78 is 0. The summed E-state index contributed by atoms with van der Waals surface area (Å²) >= 11 is 0. The van der Waals surface area contributed by atoms with Gasteiger partial charge < -0.3 is 20.4 Å². The monoisotopic (exact) mass is 252 g/mol. The van der Waals surface area contributed by atoms with Gasteiger partial charge in [0.2, 0.25) is 0 Å². The van der Waals surface area contributed by atoms with Gasteiger partial charge in [0.1, 0.15) is 0 Å². The molecular weight excluding hydrogens is 232 g/mol. The summed E-state index contributed by atoms with van der Waals surface area (Å²) in [4.78, 5) is 13.7. The fraction of sp³-hybridized carbons (Fsp3) is 0.462. The average molecular weight is 252 g/mol. The molecule has 0 aliphatic rings. The standard InChI is InChI=1S/C13H20N2O3/c1-10-3-4-11(12(9-10)14-2)13(18)15(5-7-16)6-8-17/h3-4,9,14,16-17H,5-8H2,1-2H3. The van der Waals surface area contributed by atoms with E-state index in [4.69, 9.17) is 10.2 Å². The number of aliphatic hydroxyl groups is 2. The molecule has 0 heterocycles. The van der Waals surface area contributed by atoms with Gasteiger partial charge in [0.25, 0.3) is 5.91 Å². The van der Waals surface area contributed by atoms with Crippen molar-refractivity contribution >= 4 is 11.6 Å². The summed E-state index contributed by atoms with van der Waals surface area (Å²) in [5, 5.41) is 20.9. The number of rotatable bonds is 6. The van der Waals surface area contributed by atoms with E-state index < -0.39 is 0 Å². The molecule has 5 heteroatoms. The molecule has 0 saturated heterocycles. The number of nitrogens with one attached hydrogen (secondary N) is 1. The molecule has 5 nitrogen and oxygen atoms in total. The quantitative estimate of drug-likeness (QED) is 0.688. The van der Waals surface area contributed by atoms with Gasteiger partial charge >= 0.3 is 0 Å². The number of hydrogen-bond donors (Lipinski definition) is 3. The molecule has 18 heavy (non-hydrogen) atoms. The highest BCUT2D eigenvalue weighted by atomic mass is 16.3. The molecule has 0 aliphatic carbocycles. The lowest BCUT2D eigenvalue weighted by atomic mass is 10.1. The van der Waals surface area contributed by atoms with Crippen LogP contribution in [0.4, 0.5) is 5.69 Å². The summed E-state index contributed by atoms with van der Waals surface area (Å²) in [6.45, 7) is 2.15. The Hall–Kier alpha value is -1.59. The van der Waals surface area contributed by atoms with E-state index in [1.165, 1.54) is 4.90 Å². The molecule has 3 N–H and O–H groups in total. The Kier molecular flexibility index (Phi) is 5.61. The van der Waals surface area contributed by atoms with Crippen molar-refractivity contribution in [2.45, 2.75) is 6.92 Å². The Balaban J connectivity index is 3.00. The third-order valence-electron chi connectivity index (χ3n) is 2.70. The van der Waals surface area contributed by atoms with Crippen molar-refractivity contribution in [3.05, 3.63) is 29.3 Å². The number of amides is 1. The molecule has 1 aromatic rings. The number of aliphatic hydroxyl groups excluding tert-OH is 2. The van der Waals surface area contributed by atoms with E-state index in [0.29, 0.717) is 5.56 Å². The first-order chi connectivity index (χ1) is 8.63. The normalized spacial score (nSPS) is 10.2. The van der Waals surface area contributed by atoms with Crippen molar-refractivity contribution in [1.29, 1.82) is 0 Å². The average Bonchev–Trinajstić information content (AvgIpc) is 2.37. The maximum Gasteiger partial charge on any atom is 0.256 e. The summed E-state index contributed by atoms with van der Waals surface area (Å²) in [5.41, 5.74) is 2.36. The van der Waals surface area contributed by atoms with Crippen LogP contribution in [-0.4, -0.2) is 54.4 Å². The van der Waals surface area contributed by atoms with E-state index >= 15 is 0 Å². The maximum absolute atomic E-state index is 12.3. The van der Waals surface area contributed by atoms with Crippen LogP contribution in [-0.2, 0) is 0 Å². The van der Waals surface area contributed by atoms with E-state index in [9.17, 15) is 4.79 Å². The highest BCUT2D eigenvalue weighted by molar-refractivity contribution is 5.99. The number of carbonyl (C=O) groups excluding carboxylic acids is 1. The van der Waals surface area contributed by atoms with Crippen molar-refractivity contribution in [2.75, 3.05) is 38.7 Å². The summed E-state index contributed by atoms with van der Waals surface area (Å²) in [6.07, 6.45) is 0. The third kappa shape index (κ3) is 3.45. The molecule has 0 saturated carbocycles. The van der Waals surface area contributed by atoms with Gasteiger partial charge in [-0.15, -0.1) is 0 Å². The van der Waals surface area contributed by atoms with Gasteiger partial charge in [-0.25, -0.2) is 0 Å². The first kappa shape index (κ1) is 14.5. The summed E-state index contributed by atoms with van der Waals surface area (Å²) in [7, 11) is 1.76. The molecular formula is C13H20N2O3. The predicted molar refractivity (Wildman–Crippen MR) is 70.8 cm³/mol. The number of carbonyl (C=O) groups is 1. The first-order valence-corrected chi connectivity index (χ1v) is 5.93. The number of nitrogens with zero attached hydrogens (tertiary/aromatic N) is 1. The number of hydrogen-bond acceptors (Lipinski definition) is 4. The lowest BCUT2D eigenvalue weighted by Crippen LogP contribution is -2.36. The van der Waals surface area contributed by atoms with Gasteiger partial charge in [-0.2, -0.15) is 0 Å². The van der Waals surface area contributed by atoms with Crippen LogP contribution in [0.1, 0.15) is 15.9 Å². The number of benzene rings is 1. The smallest absolute Gasteiger partial charge is 0.256 e. The van der Waals surface area contributed by atoms with E-state index in [0.717, 1.165) is 11.3 Å². The minimum Gasteiger partial charge on any atom is -0.395 e. The van der Waals surface area contributed by atoms with E-state index in [-0.39, 0.29) is 32.2 Å². The van der Waals surface area contributed by atoms with Crippen LogP contribution in [0, 0.1) is 6.92 Å². The second-order valence-electron chi connectivity index (χ2n) is 4.04. The Bertz CT molecular complexity index is 401. The van der Waals surface area contributed by atoms with E-state index in [2.05, 4.69) is 5.32 Å². The number of anilines is 1. The van der Waals surface area contributed by atoms with Crippen LogP contribution in [0.2, 0.25) is 0 Å². The van der Waals surface area contributed by atoms with Crippen LogP contribution in [0.15, 0.2) is 18.2 Å². The Labute approximate surface area is 107 Å². The Morgan fingerprint density at radius 1 is 1.28 bits per heavy atom. The van der Waals surface area contributed by atoms with Gasteiger partial charge in [-0.3, -0.25) is 4.79 Å².